The second-order valence-electron chi connectivity index (χ2n) is 2.27. The van der Waals surface area contributed by atoms with Gasteiger partial charge >= 0.3 is 0 Å². The van der Waals surface area contributed by atoms with Crippen molar-refractivity contribution in [2.24, 2.45) is 0 Å². The lowest BCUT2D eigenvalue weighted by Gasteiger charge is -2.10. The van der Waals surface area contributed by atoms with Crippen LogP contribution in [0.2, 0.25) is 0 Å². The van der Waals surface area contributed by atoms with Crippen LogP contribution in [0, 0.1) is 6.92 Å². The van der Waals surface area contributed by atoms with Crippen LogP contribution in [0.3, 0.4) is 0 Å². The zero-order chi connectivity index (χ0) is 9.19. The fraction of sp³-hybridized carbons (Fsp3) is 0.143. The van der Waals surface area contributed by atoms with Gasteiger partial charge in [-0.05, 0) is 52.8 Å². The molecule has 0 unspecified atom stereocenters. The first-order valence-corrected chi connectivity index (χ1v) is 7.76. The zero-order valence-electron chi connectivity index (χ0n) is 6.33. The van der Waals surface area contributed by atoms with Gasteiger partial charge in [0.2, 0.25) is 0 Å². The first kappa shape index (κ1) is 10.3. The summed E-state index contributed by atoms with van der Waals surface area (Å²) in [7, 11) is 0. The lowest BCUT2D eigenvalue weighted by Crippen LogP contribution is -1.84. The molecule has 0 spiro atoms. The van der Waals surface area contributed by atoms with Crippen LogP contribution in [-0.4, -0.2) is 0 Å². The number of para-hydroxylation sites is 1. The summed E-state index contributed by atoms with van der Waals surface area (Å²) in [6, 6.07) is 7.46. The van der Waals surface area contributed by atoms with E-state index in [9.17, 15) is 0 Å². The molecule has 0 amide bonds. The highest BCUT2D eigenvalue weighted by Crippen LogP contribution is 2.57. The van der Waals surface area contributed by atoms with Gasteiger partial charge in [-0.1, -0.05) is 18.2 Å². The summed E-state index contributed by atoms with van der Waals surface area (Å²) in [4.78, 5) is -2.64. The Bertz CT molecular complexity index is 323. The number of aryl methyl sites for hydroxylation is 1. The van der Waals surface area contributed by atoms with Crippen LogP contribution < -0.4 is 4.52 Å². The highest BCUT2D eigenvalue weighted by Gasteiger charge is 2.11. The molecule has 1 aromatic carbocycles. The Morgan fingerprint density at radius 1 is 1.33 bits per heavy atom. The Kier molecular flexibility index (Phi) is 3.42. The summed E-state index contributed by atoms with van der Waals surface area (Å²) >= 11 is 16.0. The van der Waals surface area contributed by atoms with Crippen molar-refractivity contribution >= 4 is 39.3 Å². The lowest BCUT2D eigenvalue weighted by atomic mass is 10.2. The zero-order valence-corrected chi connectivity index (χ0v) is 9.55. The topological polar surface area (TPSA) is 9.23 Å². The Morgan fingerprint density at radius 3 is 2.42 bits per heavy atom. The summed E-state index contributed by atoms with van der Waals surface area (Å²) in [5.41, 5.74) is 0.980. The minimum absolute atomic E-state index is 0.658. The molecule has 5 heteroatoms. The van der Waals surface area contributed by atoms with E-state index in [1.807, 2.05) is 25.1 Å². The van der Waals surface area contributed by atoms with Crippen LogP contribution >= 0.6 is 27.5 Å². The predicted molar refractivity (Wildman–Crippen MR) is 57.8 cm³/mol. The molecule has 0 saturated heterocycles. The summed E-state index contributed by atoms with van der Waals surface area (Å²) in [5.74, 6) is 0.658. The molecule has 0 saturated carbocycles. The quantitative estimate of drug-likeness (QED) is 0.721. The molecule has 0 atom stereocenters. The Balaban J connectivity index is 2.90. The highest BCUT2D eigenvalue weighted by atomic mass is 35.9. The molecule has 0 aliphatic heterocycles. The van der Waals surface area contributed by atoms with Crippen molar-refractivity contribution in [1.29, 1.82) is 0 Å². The lowest BCUT2D eigenvalue weighted by molar-refractivity contribution is 0.630. The van der Waals surface area contributed by atoms with Crippen molar-refractivity contribution in [1.82, 2.24) is 0 Å². The average Bonchev–Trinajstić information content (AvgIpc) is 1.91. The van der Waals surface area contributed by atoms with E-state index >= 15 is 0 Å². The third-order valence-corrected chi connectivity index (χ3v) is 2.35. The van der Waals surface area contributed by atoms with E-state index in [-0.39, 0.29) is 0 Å². The molecule has 0 aliphatic carbocycles. The SMILES string of the molecule is Cc1ccccc1OP(=S)(Cl)Cl. The van der Waals surface area contributed by atoms with Crippen LogP contribution in [-0.2, 0) is 11.8 Å². The standard InChI is InChI=1S/C7H7Cl2OPS/c1-6-4-2-3-5-7(6)10-11(8,9)12/h2-5H,1H3. The van der Waals surface area contributed by atoms with Crippen LogP contribution in [0.4, 0.5) is 0 Å². The third-order valence-electron chi connectivity index (χ3n) is 1.30. The maximum Gasteiger partial charge on any atom is 0.289 e. The number of hydrogen-bond acceptors (Lipinski definition) is 2. The van der Waals surface area contributed by atoms with Gasteiger partial charge in [-0.25, -0.2) is 0 Å². The molecule has 0 bridgehead atoms. The Morgan fingerprint density at radius 2 is 1.92 bits per heavy atom. The fourth-order valence-electron chi connectivity index (χ4n) is 0.773. The van der Waals surface area contributed by atoms with Crippen LogP contribution in [0.5, 0.6) is 5.75 Å². The fourth-order valence-corrected chi connectivity index (χ4v) is 1.89. The maximum atomic E-state index is 5.61. The molecule has 1 rings (SSSR count). The molecule has 0 aromatic heterocycles. The second kappa shape index (κ2) is 3.97. The minimum atomic E-state index is -2.64. The first-order valence-electron chi connectivity index (χ1n) is 3.23. The second-order valence-corrected chi connectivity index (χ2v) is 9.40. The molecule has 0 radical (unpaired) electrons. The Labute approximate surface area is 86.3 Å². The van der Waals surface area contributed by atoms with E-state index in [0.717, 1.165) is 5.56 Å². The molecule has 0 aliphatic rings. The molecular formula is C7H7Cl2OPS. The van der Waals surface area contributed by atoms with Gasteiger partial charge in [-0.2, -0.15) is 0 Å². The van der Waals surface area contributed by atoms with Gasteiger partial charge in [0.25, 0.3) is 4.97 Å². The van der Waals surface area contributed by atoms with Gasteiger partial charge in [0.05, 0.1) is 0 Å². The molecule has 66 valence electrons. The van der Waals surface area contributed by atoms with Gasteiger partial charge < -0.3 is 4.52 Å². The van der Waals surface area contributed by atoms with E-state index < -0.39 is 4.97 Å². The molecular weight excluding hydrogens is 234 g/mol. The molecule has 0 heterocycles. The van der Waals surface area contributed by atoms with E-state index in [1.165, 1.54) is 0 Å². The van der Waals surface area contributed by atoms with Crippen molar-refractivity contribution in [2.45, 2.75) is 6.92 Å². The molecule has 12 heavy (non-hydrogen) atoms. The molecule has 0 N–H and O–H groups in total. The van der Waals surface area contributed by atoms with Crippen molar-refractivity contribution in [3.8, 4) is 5.75 Å². The third kappa shape index (κ3) is 3.32. The molecule has 1 aromatic rings. The molecule has 0 fully saturated rings. The van der Waals surface area contributed by atoms with Crippen molar-refractivity contribution in [3.63, 3.8) is 0 Å². The van der Waals surface area contributed by atoms with E-state index in [2.05, 4.69) is 0 Å². The number of benzene rings is 1. The van der Waals surface area contributed by atoms with E-state index in [0.29, 0.717) is 5.75 Å². The van der Waals surface area contributed by atoms with Gasteiger partial charge in [-0.15, -0.1) is 0 Å². The van der Waals surface area contributed by atoms with Crippen LogP contribution in [0.25, 0.3) is 0 Å². The van der Waals surface area contributed by atoms with Gasteiger partial charge in [-0.3, -0.25) is 0 Å². The monoisotopic (exact) mass is 240 g/mol. The van der Waals surface area contributed by atoms with Gasteiger partial charge in [0.1, 0.15) is 5.75 Å². The van der Waals surface area contributed by atoms with Crippen molar-refractivity contribution in [3.05, 3.63) is 29.8 Å². The van der Waals surface area contributed by atoms with Crippen molar-refractivity contribution in [2.75, 3.05) is 0 Å². The average molecular weight is 241 g/mol. The normalized spacial score (nSPS) is 11.2. The van der Waals surface area contributed by atoms with E-state index in [1.54, 1.807) is 6.07 Å². The van der Waals surface area contributed by atoms with Crippen LogP contribution in [0.1, 0.15) is 5.56 Å². The maximum absolute atomic E-state index is 5.61. The number of hydrogen-bond donors (Lipinski definition) is 0. The largest absolute Gasteiger partial charge is 0.441 e. The van der Waals surface area contributed by atoms with Crippen LogP contribution in [0.15, 0.2) is 24.3 Å². The smallest absolute Gasteiger partial charge is 0.289 e. The summed E-state index contributed by atoms with van der Waals surface area (Å²) in [6.45, 7) is 1.91. The van der Waals surface area contributed by atoms with Gasteiger partial charge in [0.15, 0.2) is 0 Å². The summed E-state index contributed by atoms with van der Waals surface area (Å²) in [5, 5.41) is 0. The predicted octanol–water partition coefficient (Wildman–Crippen LogP) is 4.08. The van der Waals surface area contributed by atoms with E-state index in [4.69, 9.17) is 38.8 Å². The minimum Gasteiger partial charge on any atom is -0.441 e. The van der Waals surface area contributed by atoms with Crippen molar-refractivity contribution < 1.29 is 4.52 Å². The first-order chi connectivity index (χ1) is 5.49. The summed E-state index contributed by atoms with van der Waals surface area (Å²) < 4.78 is 5.19. The number of halogens is 2. The number of rotatable bonds is 2. The molecule has 1 nitrogen and oxygen atoms in total. The van der Waals surface area contributed by atoms with Gasteiger partial charge in [0, 0.05) is 0 Å². The highest BCUT2D eigenvalue weighted by molar-refractivity contribution is 8.36. The summed E-state index contributed by atoms with van der Waals surface area (Å²) in [6.07, 6.45) is 0. The Hall–Kier alpha value is 0.250.